The third-order valence-corrected chi connectivity index (χ3v) is 4.50. The predicted molar refractivity (Wildman–Crippen MR) is 84.9 cm³/mol. The van der Waals surface area contributed by atoms with E-state index >= 15 is 0 Å². The third-order valence-electron chi connectivity index (χ3n) is 4.19. The van der Waals surface area contributed by atoms with Gasteiger partial charge in [0, 0.05) is 32.2 Å². The van der Waals surface area contributed by atoms with E-state index in [2.05, 4.69) is 28.9 Å². The number of nitrogens with zero attached hydrogens (tertiary/aromatic N) is 4. The van der Waals surface area contributed by atoms with Crippen molar-refractivity contribution in [1.29, 1.82) is 0 Å². The molecule has 1 aliphatic heterocycles. The van der Waals surface area contributed by atoms with Crippen molar-refractivity contribution in [2.24, 2.45) is 0 Å². The van der Waals surface area contributed by atoms with E-state index in [0.717, 1.165) is 19.6 Å². The van der Waals surface area contributed by atoms with Gasteiger partial charge in [-0.15, -0.1) is 0 Å². The van der Waals surface area contributed by atoms with Crippen LogP contribution in [0.5, 0.6) is 0 Å². The monoisotopic (exact) mass is 306 g/mol. The Morgan fingerprint density at radius 3 is 2.95 bits per heavy atom. The zero-order valence-corrected chi connectivity index (χ0v) is 13.0. The van der Waals surface area contributed by atoms with Gasteiger partial charge in [0.2, 0.25) is 0 Å². The fourth-order valence-corrected chi connectivity index (χ4v) is 3.03. The highest BCUT2D eigenvalue weighted by Crippen LogP contribution is 2.18. The lowest BCUT2D eigenvalue weighted by Crippen LogP contribution is -2.52. The van der Waals surface area contributed by atoms with Crippen molar-refractivity contribution in [1.82, 2.24) is 19.4 Å². The molecular formula is C15H19ClN4O. The Bertz CT molecular complexity index is 714. The molecule has 3 rings (SSSR count). The molecule has 0 amide bonds. The van der Waals surface area contributed by atoms with Crippen molar-refractivity contribution >= 4 is 22.5 Å². The minimum atomic E-state index is -0.0240. The van der Waals surface area contributed by atoms with E-state index in [-0.39, 0.29) is 5.56 Å². The number of para-hydroxylation sites is 1. The second-order valence-corrected chi connectivity index (χ2v) is 6.14. The molecule has 0 radical (unpaired) electrons. The van der Waals surface area contributed by atoms with Gasteiger partial charge in [-0.1, -0.05) is 17.7 Å². The van der Waals surface area contributed by atoms with Gasteiger partial charge in [0.1, 0.15) is 0 Å². The van der Waals surface area contributed by atoms with Crippen LogP contribution in [0.4, 0.5) is 0 Å². The van der Waals surface area contributed by atoms with Crippen LogP contribution < -0.4 is 5.56 Å². The number of likely N-dealkylation sites (N-methyl/N-ethyl adjacent to an activating group) is 2. The van der Waals surface area contributed by atoms with E-state index in [9.17, 15) is 4.79 Å². The van der Waals surface area contributed by atoms with Gasteiger partial charge in [0.25, 0.3) is 5.56 Å². The Kier molecular flexibility index (Phi) is 3.97. The summed E-state index contributed by atoms with van der Waals surface area (Å²) in [4.78, 5) is 21.5. The number of piperazine rings is 1. The van der Waals surface area contributed by atoms with Gasteiger partial charge in [-0.2, -0.15) is 0 Å². The van der Waals surface area contributed by atoms with Gasteiger partial charge >= 0.3 is 0 Å². The number of hydrogen-bond acceptors (Lipinski definition) is 4. The van der Waals surface area contributed by atoms with Crippen molar-refractivity contribution in [3.63, 3.8) is 0 Å². The summed E-state index contributed by atoms with van der Waals surface area (Å²) in [5.74, 6) is 0. The predicted octanol–water partition coefficient (Wildman–Crippen LogP) is 1.30. The molecule has 6 heteroatoms. The maximum Gasteiger partial charge on any atom is 0.261 e. The van der Waals surface area contributed by atoms with Crippen LogP contribution in [0.1, 0.15) is 0 Å². The van der Waals surface area contributed by atoms with Gasteiger partial charge < -0.3 is 4.90 Å². The number of hydrogen-bond donors (Lipinski definition) is 0. The summed E-state index contributed by atoms with van der Waals surface area (Å²) in [5.41, 5.74) is 0.554. The van der Waals surface area contributed by atoms with E-state index in [0.29, 0.717) is 28.5 Å². The van der Waals surface area contributed by atoms with Crippen LogP contribution in [0.25, 0.3) is 10.9 Å². The first-order valence-corrected chi connectivity index (χ1v) is 7.46. The van der Waals surface area contributed by atoms with Crippen molar-refractivity contribution in [3.8, 4) is 0 Å². The van der Waals surface area contributed by atoms with Crippen LogP contribution in [0, 0.1) is 0 Å². The first-order valence-electron chi connectivity index (χ1n) is 7.08. The highest BCUT2D eigenvalue weighted by molar-refractivity contribution is 6.34. The average molecular weight is 307 g/mol. The van der Waals surface area contributed by atoms with Gasteiger partial charge in [0.15, 0.2) is 0 Å². The first kappa shape index (κ1) is 14.5. The summed E-state index contributed by atoms with van der Waals surface area (Å²) in [5, 5.41) is 1.10. The summed E-state index contributed by atoms with van der Waals surface area (Å²) in [6.07, 6.45) is 1.61. The highest BCUT2D eigenvalue weighted by Gasteiger charge is 2.23. The number of rotatable bonds is 2. The topological polar surface area (TPSA) is 41.4 Å². The molecule has 1 aromatic heterocycles. The van der Waals surface area contributed by atoms with Crippen LogP contribution >= 0.6 is 11.6 Å². The Hall–Kier alpha value is -1.43. The molecule has 1 aromatic carbocycles. The van der Waals surface area contributed by atoms with E-state index in [4.69, 9.17) is 11.6 Å². The lowest BCUT2D eigenvalue weighted by atomic mass is 10.2. The van der Waals surface area contributed by atoms with Crippen LogP contribution in [-0.2, 0) is 6.54 Å². The standard InChI is InChI=1S/C15H19ClN4O/c1-18-6-7-19(2)11(8-18)9-20-10-17-14-12(15(20)21)4-3-5-13(14)16/h3-5,10-11H,6-9H2,1-2H3/t11-/m1/s1. The van der Waals surface area contributed by atoms with Gasteiger partial charge in [-0.3, -0.25) is 14.3 Å². The Labute approximate surface area is 128 Å². The van der Waals surface area contributed by atoms with Crippen LogP contribution in [0.15, 0.2) is 29.3 Å². The van der Waals surface area contributed by atoms with Gasteiger partial charge in [-0.05, 0) is 26.2 Å². The molecule has 1 aliphatic rings. The molecule has 0 spiro atoms. The first-order chi connectivity index (χ1) is 10.1. The van der Waals surface area contributed by atoms with Crippen LogP contribution in [-0.4, -0.2) is 59.1 Å². The number of benzene rings is 1. The summed E-state index contributed by atoms with van der Waals surface area (Å²) < 4.78 is 1.69. The smallest absolute Gasteiger partial charge is 0.261 e. The number of aromatic nitrogens is 2. The number of fused-ring (bicyclic) bond motifs is 1. The molecule has 1 saturated heterocycles. The Morgan fingerprint density at radius 1 is 1.33 bits per heavy atom. The van der Waals surface area contributed by atoms with E-state index in [1.165, 1.54) is 0 Å². The second-order valence-electron chi connectivity index (χ2n) is 5.73. The Balaban J connectivity index is 1.94. The summed E-state index contributed by atoms with van der Waals surface area (Å²) in [6.45, 7) is 3.68. The lowest BCUT2D eigenvalue weighted by molar-refractivity contribution is 0.102. The zero-order chi connectivity index (χ0) is 15.0. The molecule has 1 atom stereocenters. The summed E-state index contributed by atoms with van der Waals surface area (Å²) in [7, 11) is 4.22. The SMILES string of the molecule is CN1CCN(C)[C@@H](Cn2cnc3c(Cl)cccc3c2=O)C1. The molecule has 0 unspecified atom stereocenters. The second kappa shape index (κ2) is 5.75. The molecule has 5 nitrogen and oxygen atoms in total. The summed E-state index contributed by atoms with van der Waals surface area (Å²) in [6, 6.07) is 5.65. The van der Waals surface area contributed by atoms with E-state index < -0.39 is 0 Å². The quantitative estimate of drug-likeness (QED) is 0.838. The fourth-order valence-electron chi connectivity index (χ4n) is 2.81. The van der Waals surface area contributed by atoms with Crippen molar-refractivity contribution in [3.05, 3.63) is 39.9 Å². The van der Waals surface area contributed by atoms with Crippen molar-refractivity contribution in [2.75, 3.05) is 33.7 Å². The molecule has 0 bridgehead atoms. The zero-order valence-electron chi connectivity index (χ0n) is 12.3. The van der Waals surface area contributed by atoms with Gasteiger partial charge in [0.05, 0.1) is 22.3 Å². The van der Waals surface area contributed by atoms with Crippen molar-refractivity contribution < 1.29 is 0 Å². The fraction of sp³-hybridized carbons (Fsp3) is 0.467. The normalized spacial score (nSPS) is 21.0. The minimum Gasteiger partial charge on any atom is -0.303 e. The molecule has 2 aromatic rings. The van der Waals surface area contributed by atoms with Crippen molar-refractivity contribution in [2.45, 2.75) is 12.6 Å². The van der Waals surface area contributed by atoms with E-state index in [1.807, 2.05) is 0 Å². The lowest BCUT2D eigenvalue weighted by Gasteiger charge is -2.37. The number of halogens is 1. The van der Waals surface area contributed by atoms with Gasteiger partial charge in [-0.25, -0.2) is 4.98 Å². The third kappa shape index (κ3) is 2.81. The molecule has 0 aliphatic carbocycles. The molecule has 112 valence electrons. The average Bonchev–Trinajstić information content (AvgIpc) is 2.46. The minimum absolute atomic E-state index is 0.0240. The molecule has 2 heterocycles. The van der Waals surface area contributed by atoms with Crippen LogP contribution in [0.2, 0.25) is 5.02 Å². The molecular weight excluding hydrogens is 288 g/mol. The maximum absolute atomic E-state index is 12.6. The van der Waals surface area contributed by atoms with Crippen LogP contribution in [0.3, 0.4) is 0 Å². The molecule has 0 saturated carbocycles. The maximum atomic E-state index is 12.6. The molecule has 21 heavy (non-hydrogen) atoms. The largest absolute Gasteiger partial charge is 0.303 e. The summed E-state index contributed by atoms with van der Waals surface area (Å²) >= 11 is 6.09. The highest BCUT2D eigenvalue weighted by atomic mass is 35.5. The molecule has 0 N–H and O–H groups in total. The molecule has 1 fully saturated rings. The van der Waals surface area contributed by atoms with E-state index in [1.54, 1.807) is 29.1 Å². The Morgan fingerprint density at radius 2 is 2.14 bits per heavy atom.